The van der Waals surface area contributed by atoms with Crippen molar-refractivity contribution in [2.45, 2.75) is 24.4 Å². The smallest absolute Gasteiger partial charge is 0.356 e. The summed E-state index contributed by atoms with van der Waals surface area (Å²) in [5.74, 6) is -0.603. The minimum absolute atomic E-state index is 0.0812. The summed E-state index contributed by atoms with van der Waals surface area (Å²) in [5, 5.41) is 28.5. The van der Waals surface area contributed by atoms with Gasteiger partial charge in [-0.1, -0.05) is 6.07 Å². The second kappa shape index (κ2) is 5.62. The predicted octanol–water partition coefficient (Wildman–Crippen LogP) is -0.978. The first kappa shape index (κ1) is 13.9. The molecule has 0 amide bonds. The number of hydrogen-bond donors (Lipinski definition) is 3. The number of rotatable bonds is 3. The molecule has 1 aliphatic rings. The molecule has 0 bridgehead atoms. The quantitative estimate of drug-likeness (QED) is 0.605. The Morgan fingerprint density at radius 1 is 1.42 bits per heavy atom. The molecule has 1 saturated heterocycles. The van der Waals surface area contributed by atoms with Crippen LogP contribution in [0.2, 0.25) is 0 Å². The Morgan fingerprint density at radius 3 is 2.74 bits per heavy atom. The van der Waals surface area contributed by atoms with E-state index in [4.69, 9.17) is 9.84 Å². The SMILES string of the molecule is COC(=O)c1cccc(C2O[C@H](CO)[C@@H](O)[C@H]2O)n1. The van der Waals surface area contributed by atoms with Crippen LogP contribution in [0.3, 0.4) is 0 Å². The summed E-state index contributed by atoms with van der Waals surface area (Å²) in [5.41, 5.74) is 0.378. The van der Waals surface area contributed by atoms with Crippen molar-refractivity contribution >= 4 is 5.97 Å². The molecule has 7 nitrogen and oxygen atoms in total. The molecule has 1 fully saturated rings. The third-order valence-corrected chi connectivity index (χ3v) is 3.00. The van der Waals surface area contributed by atoms with Gasteiger partial charge in [-0.3, -0.25) is 0 Å². The Morgan fingerprint density at radius 2 is 2.16 bits per heavy atom. The van der Waals surface area contributed by atoms with E-state index in [9.17, 15) is 15.0 Å². The molecule has 0 spiro atoms. The number of ether oxygens (including phenoxy) is 2. The Kier molecular flexibility index (Phi) is 4.11. The monoisotopic (exact) mass is 269 g/mol. The molecule has 0 aromatic carbocycles. The van der Waals surface area contributed by atoms with Crippen molar-refractivity contribution in [2.24, 2.45) is 0 Å². The first-order chi connectivity index (χ1) is 9.08. The van der Waals surface area contributed by atoms with Gasteiger partial charge in [0, 0.05) is 0 Å². The van der Waals surface area contributed by atoms with Crippen LogP contribution < -0.4 is 0 Å². The predicted molar refractivity (Wildman–Crippen MR) is 62.3 cm³/mol. The van der Waals surface area contributed by atoms with Gasteiger partial charge in [-0.2, -0.15) is 0 Å². The molecule has 19 heavy (non-hydrogen) atoms. The maximum atomic E-state index is 11.4. The van der Waals surface area contributed by atoms with Crippen LogP contribution in [0.15, 0.2) is 18.2 Å². The normalized spacial score (nSPS) is 30.3. The van der Waals surface area contributed by atoms with Gasteiger partial charge in [0.05, 0.1) is 19.4 Å². The number of aliphatic hydroxyl groups excluding tert-OH is 3. The highest BCUT2D eigenvalue weighted by Gasteiger charge is 2.43. The number of aliphatic hydroxyl groups is 3. The highest BCUT2D eigenvalue weighted by Crippen LogP contribution is 2.32. The maximum Gasteiger partial charge on any atom is 0.356 e. The lowest BCUT2D eigenvalue weighted by atomic mass is 10.1. The van der Waals surface area contributed by atoms with Gasteiger partial charge in [0.1, 0.15) is 30.1 Å². The number of carbonyl (C=O) groups excluding carboxylic acids is 1. The minimum Gasteiger partial charge on any atom is -0.464 e. The molecule has 0 aliphatic carbocycles. The molecule has 1 unspecified atom stereocenters. The van der Waals surface area contributed by atoms with E-state index in [1.165, 1.54) is 13.2 Å². The second-order valence-electron chi connectivity index (χ2n) is 4.20. The molecule has 2 heterocycles. The molecule has 4 atom stereocenters. The molecule has 2 rings (SSSR count). The van der Waals surface area contributed by atoms with E-state index < -0.39 is 37.0 Å². The van der Waals surface area contributed by atoms with Crippen LogP contribution in [-0.4, -0.2) is 58.3 Å². The average Bonchev–Trinajstić information content (AvgIpc) is 2.74. The average molecular weight is 269 g/mol. The van der Waals surface area contributed by atoms with Crippen LogP contribution in [0.25, 0.3) is 0 Å². The standard InChI is InChI=1S/C12H15NO6/c1-18-12(17)7-4-2-3-6(13-7)11-10(16)9(15)8(5-14)19-11/h2-4,8-11,14-16H,5H2,1H3/t8-,9-,10-,11?/m1/s1. The van der Waals surface area contributed by atoms with E-state index in [1.807, 2.05) is 0 Å². The lowest BCUT2D eigenvalue weighted by Gasteiger charge is -2.14. The third-order valence-electron chi connectivity index (χ3n) is 3.00. The lowest BCUT2D eigenvalue weighted by Crippen LogP contribution is -2.32. The van der Waals surface area contributed by atoms with Gasteiger partial charge in [0.25, 0.3) is 0 Å². The maximum absolute atomic E-state index is 11.4. The van der Waals surface area contributed by atoms with Crippen molar-refractivity contribution in [3.8, 4) is 0 Å². The van der Waals surface area contributed by atoms with Crippen molar-refractivity contribution in [2.75, 3.05) is 13.7 Å². The van der Waals surface area contributed by atoms with E-state index in [2.05, 4.69) is 9.72 Å². The minimum atomic E-state index is -1.21. The van der Waals surface area contributed by atoms with Crippen LogP contribution in [0, 0.1) is 0 Å². The van der Waals surface area contributed by atoms with Gasteiger partial charge in [-0.05, 0) is 12.1 Å². The van der Waals surface area contributed by atoms with Crippen molar-refractivity contribution < 1.29 is 29.6 Å². The molecule has 7 heteroatoms. The highest BCUT2D eigenvalue weighted by molar-refractivity contribution is 5.87. The number of esters is 1. The summed E-state index contributed by atoms with van der Waals surface area (Å²) < 4.78 is 9.87. The van der Waals surface area contributed by atoms with Gasteiger partial charge in [0.2, 0.25) is 0 Å². The largest absolute Gasteiger partial charge is 0.464 e. The summed E-state index contributed by atoms with van der Waals surface area (Å²) in [6.45, 7) is -0.411. The Bertz CT molecular complexity index is 465. The Balaban J connectivity index is 2.25. The van der Waals surface area contributed by atoms with E-state index in [0.717, 1.165) is 0 Å². The molecule has 1 aromatic rings. The number of pyridine rings is 1. The molecule has 104 valence electrons. The fourth-order valence-electron chi connectivity index (χ4n) is 1.97. The molecule has 3 N–H and O–H groups in total. The zero-order chi connectivity index (χ0) is 14.0. The van der Waals surface area contributed by atoms with Gasteiger partial charge in [0.15, 0.2) is 0 Å². The fraction of sp³-hybridized carbons (Fsp3) is 0.500. The highest BCUT2D eigenvalue weighted by atomic mass is 16.6. The van der Waals surface area contributed by atoms with Crippen LogP contribution in [0.4, 0.5) is 0 Å². The van der Waals surface area contributed by atoms with Crippen molar-refractivity contribution in [1.29, 1.82) is 0 Å². The zero-order valence-electron chi connectivity index (χ0n) is 10.3. The second-order valence-corrected chi connectivity index (χ2v) is 4.20. The first-order valence-electron chi connectivity index (χ1n) is 5.76. The van der Waals surface area contributed by atoms with E-state index >= 15 is 0 Å². The zero-order valence-corrected chi connectivity index (χ0v) is 10.3. The summed E-state index contributed by atoms with van der Waals surface area (Å²) in [4.78, 5) is 15.4. The third kappa shape index (κ3) is 2.59. The van der Waals surface area contributed by atoms with E-state index in [-0.39, 0.29) is 5.69 Å². The van der Waals surface area contributed by atoms with Crippen molar-refractivity contribution in [1.82, 2.24) is 4.98 Å². The van der Waals surface area contributed by atoms with Crippen molar-refractivity contribution in [3.63, 3.8) is 0 Å². The molecular formula is C12H15NO6. The van der Waals surface area contributed by atoms with Gasteiger partial charge < -0.3 is 24.8 Å². The number of hydrogen-bond acceptors (Lipinski definition) is 7. The number of aromatic nitrogens is 1. The lowest BCUT2D eigenvalue weighted by molar-refractivity contribution is -0.0240. The first-order valence-corrected chi connectivity index (χ1v) is 5.76. The number of nitrogens with zero attached hydrogens (tertiary/aromatic N) is 1. The van der Waals surface area contributed by atoms with Crippen LogP contribution in [-0.2, 0) is 9.47 Å². The molecule has 1 aliphatic heterocycles. The molecule has 0 saturated carbocycles. The Labute approximate surface area is 109 Å². The van der Waals surface area contributed by atoms with Crippen LogP contribution in [0.1, 0.15) is 22.3 Å². The molecular weight excluding hydrogens is 254 g/mol. The van der Waals surface area contributed by atoms with Gasteiger partial charge in [-0.15, -0.1) is 0 Å². The van der Waals surface area contributed by atoms with Gasteiger partial charge >= 0.3 is 5.97 Å². The molecule has 0 radical (unpaired) electrons. The fourth-order valence-corrected chi connectivity index (χ4v) is 1.97. The summed E-state index contributed by atoms with van der Waals surface area (Å²) in [6, 6.07) is 4.60. The van der Waals surface area contributed by atoms with Crippen LogP contribution >= 0.6 is 0 Å². The molecule has 1 aromatic heterocycles. The van der Waals surface area contributed by atoms with E-state index in [1.54, 1.807) is 12.1 Å². The summed E-state index contributed by atoms with van der Waals surface area (Å²) in [7, 11) is 1.24. The number of carbonyl (C=O) groups is 1. The van der Waals surface area contributed by atoms with Gasteiger partial charge in [-0.25, -0.2) is 9.78 Å². The van der Waals surface area contributed by atoms with E-state index in [0.29, 0.717) is 5.69 Å². The van der Waals surface area contributed by atoms with Crippen molar-refractivity contribution in [3.05, 3.63) is 29.6 Å². The summed E-state index contributed by atoms with van der Waals surface area (Å²) >= 11 is 0. The Hall–Kier alpha value is -1.54. The van der Waals surface area contributed by atoms with Crippen LogP contribution in [0.5, 0.6) is 0 Å². The summed E-state index contributed by atoms with van der Waals surface area (Å²) in [6.07, 6.45) is -4.17. The number of methoxy groups -OCH3 is 1. The topological polar surface area (TPSA) is 109 Å².